The molecule has 0 saturated carbocycles. The molecule has 0 aliphatic carbocycles. The molecule has 0 saturated heterocycles. The number of hydrogen-bond acceptors (Lipinski definition) is 0. The van der Waals surface area contributed by atoms with Crippen molar-refractivity contribution in [1.29, 1.82) is 0 Å². The Morgan fingerprint density at radius 1 is 1.33 bits per heavy atom. The van der Waals surface area contributed by atoms with Crippen molar-refractivity contribution < 1.29 is 18.9 Å². The van der Waals surface area contributed by atoms with Crippen LogP contribution < -0.4 is 0 Å². The molecule has 0 spiro atoms. The molecule has 0 heterocycles. The Bertz CT molecular complexity index is 52.3. The van der Waals surface area contributed by atoms with Gasteiger partial charge in [-0.25, -0.2) is 0 Å². The summed E-state index contributed by atoms with van der Waals surface area (Å²) >= 11 is 2.00. The molecular formula is C5H7Ir. The van der Waals surface area contributed by atoms with Gasteiger partial charge in [-0.2, -0.15) is 0 Å². The van der Waals surface area contributed by atoms with E-state index in [1.54, 1.807) is 0 Å². The second kappa shape index (κ2) is 5.13. The van der Waals surface area contributed by atoms with Gasteiger partial charge in [-0.15, -0.1) is 0 Å². The fourth-order valence-electron chi connectivity index (χ4n) is 0.148. The molecule has 6 heavy (non-hydrogen) atoms. The van der Waals surface area contributed by atoms with Gasteiger partial charge in [0.25, 0.3) is 0 Å². The molecule has 0 N–H and O–H groups in total. The number of rotatable bonds is 1. The first-order valence-corrected chi connectivity index (χ1v) is 3.15. The molecule has 0 aromatic heterocycles. The molecule has 0 fully saturated rings. The van der Waals surface area contributed by atoms with Crippen LogP contribution in [0.25, 0.3) is 0 Å². The average Bonchev–Trinajstić information content (AvgIpc) is 1.61. The molecule has 0 aromatic carbocycles. The second-order valence-corrected chi connectivity index (χ2v) is 1.63. The fourth-order valence-corrected chi connectivity index (χ4v) is 0.414. The molecule has 0 unspecified atom stereocenters. The van der Waals surface area contributed by atoms with Crippen LogP contribution in [0.1, 0.15) is 6.92 Å². The third-order valence-corrected chi connectivity index (χ3v) is 0.829. The Kier molecular flexibility index (Phi) is 5.24. The maximum absolute atomic E-state index is 2.00. The molecule has 0 nitrogen and oxygen atoms in total. The Hall–Kier alpha value is 0.129. The van der Waals surface area contributed by atoms with E-state index >= 15 is 0 Å². The molecule has 0 amide bonds. The zero-order valence-corrected chi connectivity index (χ0v) is 6.04. The minimum atomic E-state index is 2.00. The Labute approximate surface area is 49.1 Å². The van der Waals surface area contributed by atoms with E-state index in [9.17, 15) is 0 Å². The van der Waals surface area contributed by atoms with Crippen molar-refractivity contribution in [2.75, 3.05) is 0 Å². The molecular weight excluding hydrogens is 252 g/mol. The van der Waals surface area contributed by atoms with Gasteiger partial charge in [-0.05, 0) is 0 Å². The first kappa shape index (κ1) is 6.13. The van der Waals surface area contributed by atoms with E-state index < -0.39 is 0 Å². The molecule has 0 radical (unpaired) electrons. The van der Waals surface area contributed by atoms with Gasteiger partial charge in [0.15, 0.2) is 0 Å². The van der Waals surface area contributed by atoms with Crippen molar-refractivity contribution in [3.8, 4) is 0 Å². The van der Waals surface area contributed by atoms with Crippen LogP contribution in [-0.4, -0.2) is 0 Å². The summed E-state index contributed by atoms with van der Waals surface area (Å²) in [5.74, 6) is 0. The van der Waals surface area contributed by atoms with Gasteiger partial charge < -0.3 is 0 Å². The summed E-state index contributed by atoms with van der Waals surface area (Å²) < 4.78 is 2.00. The topological polar surface area (TPSA) is 0 Å². The van der Waals surface area contributed by atoms with Gasteiger partial charge in [-0.1, -0.05) is 0 Å². The SMILES string of the molecule is CC=CC=[CH][Ir]. The summed E-state index contributed by atoms with van der Waals surface area (Å²) in [6.07, 6.45) is 6.00. The van der Waals surface area contributed by atoms with Crippen LogP contribution in [0.15, 0.2) is 22.8 Å². The molecule has 0 aliphatic heterocycles. The van der Waals surface area contributed by atoms with E-state index in [1.165, 1.54) is 0 Å². The van der Waals surface area contributed by atoms with Crippen molar-refractivity contribution in [2.45, 2.75) is 6.92 Å². The van der Waals surface area contributed by atoms with E-state index in [1.807, 2.05) is 48.6 Å². The van der Waals surface area contributed by atoms with Crippen LogP contribution in [0.5, 0.6) is 0 Å². The summed E-state index contributed by atoms with van der Waals surface area (Å²) in [5, 5.41) is 0. The van der Waals surface area contributed by atoms with Gasteiger partial charge in [0.05, 0.1) is 0 Å². The first-order chi connectivity index (χ1) is 2.91. The Morgan fingerprint density at radius 3 is 2.17 bits per heavy atom. The third kappa shape index (κ3) is 4.13. The first-order valence-electron chi connectivity index (χ1n) is 1.77. The van der Waals surface area contributed by atoms with Crippen molar-refractivity contribution in [3.63, 3.8) is 0 Å². The van der Waals surface area contributed by atoms with E-state index in [4.69, 9.17) is 0 Å². The zero-order valence-electron chi connectivity index (χ0n) is 3.64. The minimum absolute atomic E-state index is 2.00. The van der Waals surface area contributed by atoms with E-state index in [-0.39, 0.29) is 0 Å². The van der Waals surface area contributed by atoms with Crippen molar-refractivity contribution in [1.82, 2.24) is 0 Å². The summed E-state index contributed by atoms with van der Waals surface area (Å²) in [6.45, 7) is 2.00. The molecule has 1 heteroatoms. The Morgan fingerprint density at radius 2 is 2.00 bits per heavy atom. The molecule has 0 atom stereocenters. The van der Waals surface area contributed by atoms with E-state index in [2.05, 4.69) is 0 Å². The summed E-state index contributed by atoms with van der Waals surface area (Å²) in [4.78, 5) is 0. The van der Waals surface area contributed by atoms with E-state index in [0.717, 1.165) is 0 Å². The van der Waals surface area contributed by atoms with Gasteiger partial charge in [-0.3, -0.25) is 0 Å². The monoisotopic (exact) mass is 260 g/mol. The van der Waals surface area contributed by atoms with Crippen LogP contribution in [0.4, 0.5) is 0 Å². The second-order valence-electron chi connectivity index (χ2n) is 0.829. The Balaban J connectivity index is 3.07. The fraction of sp³-hybridized carbons (Fsp3) is 0.200. The molecule has 0 aromatic rings. The number of allylic oxidation sites excluding steroid dienone is 3. The predicted molar refractivity (Wildman–Crippen MR) is 24.0 cm³/mol. The van der Waals surface area contributed by atoms with Gasteiger partial charge in [0.1, 0.15) is 0 Å². The maximum atomic E-state index is 2.00. The molecule has 0 bridgehead atoms. The quantitative estimate of drug-likeness (QED) is 0.628. The van der Waals surface area contributed by atoms with Gasteiger partial charge >= 0.3 is 48.6 Å². The van der Waals surface area contributed by atoms with Crippen LogP contribution in [0.3, 0.4) is 0 Å². The van der Waals surface area contributed by atoms with Crippen LogP contribution in [0.2, 0.25) is 0 Å². The normalized spacial score (nSPS) is 11.8. The van der Waals surface area contributed by atoms with E-state index in [0.29, 0.717) is 0 Å². The average molecular weight is 259 g/mol. The molecule has 36 valence electrons. The standard InChI is InChI=1S/C5H7.Ir/c1-3-5-4-2;/h1,3-5H,2H3;. The van der Waals surface area contributed by atoms with Crippen molar-refractivity contribution in [2.24, 2.45) is 0 Å². The summed E-state index contributed by atoms with van der Waals surface area (Å²) in [5.41, 5.74) is 0. The molecule has 0 aliphatic rings. The molecule has 0 rings (SSSR count). The van der Waals surface area contributed by atoms with Crippen molar-refractivity contribution >= 4 is 0 Å². The van der Waals surface area contributed by atoms with Crippen molar-refractivity contribution in [3.05, 3.63) is 22.8 Å². The summed E-state index contributed by atoms with van der Waals surface area (Å²) in [7, 11) is 0. The predicted octanol–water partition coefficient (Wildman–Crippen LogP) is 1.62. The van der Waals surface area contributed by atoms with Crippen LogP contribution in [0, 0.1) is 0 Å². The summed E-state index contributed by atoms with van der Waals surface area (Å²) in [6, 6.07) is 0. The number of hydrogen-bond donors (Lipinski definition) is 0. The van der Waals surface area contributed by atoms with Crippen LogP contribution >= 0.6 is 0 Å². The van der Waals surface area contributed by atoms with Gasteiger partial charge in [0.2, 0.25) is 0 Å². The van der Waals surface area contributed by atoms with Crippen LogP contribution in [-0.2, 0) is 18.9 Å². The van der Waals surface area contributed by atoms with Gasteiger partial charge in [0, 0.05) is 0 Å². The zero-order chi connectivity index (χ0) is 4.83. The third-order valence-electron chi connectivity index (χ3n) is 0.368.